The molecule has 2 aromatic heterocycles. The van der Waals surface area contributed by atoms with Gasteiger partial charge < -0.3 is 0 Å². The molecule has 3 aromatic rings. The molecule has 0 aliphatic carbocycles. The van der Waals surface area contributed by atoms with Crippen molar-refractivity contribution in [1.29, 1.82) is 0 Å². The quantitative estimate of drug-likeness (QED) is 0.665. The molecule has 0 aliphatic rings. The molecule has 2 heterocycles. The first-order valence-electron chi connectivity index (χ1n) is 7.48. The Hall–Kier alpha value is -2.55. The summed E-state index contributed by atoms with van der Waals surface area (Å²) in [4.78, 5) is 4.56. The van der Waals surface area contributed by atoms with Crippen molar-refractivity contribution < 1.29 is 9.13 Å². The summed E-state index contributed by atoms with van der Waals surface area (Å²) in [5.41, 5.74) is 6.07. The van der Waals surface area contributed by atoms with Crippen LogP contribution in [-0.2, 0) is 7.05 Å². The molecule has 110 valence electrons. The van der Waals surface area contributed by atoms with Gasteiger partial charge in [0.25, 0.3) is 0 Å². The molecule has 0 radical (unpaired) electrons. The predicted molar refractivity (Wildman–Crippen MR) is 86.6 cm³/mol. The van der Waals surface area contributed by atoms with Crippen molar-refractivity contribution in [2.24, 2.45) is 7.05 Å². The number of nitrogens with zero attached hydrogens (tertiary/aromatic N) is 3. The monoisotopic (exact) mass is 291 g/mol. The van der Waals surface area contributed by atoms with Crippen LogP contribution in [0, 0.1) is 20.8 Å². The summed E-state index contributed by atoms with van der Waals surface area (Å²) in [7, 11) is 2.03. The van der Waals surface area contributed by atoms with Crippen LogP contribution in [-0.4, -0.2) is 4.98 Å². The number of hydrogen-bond acceptors (Lipinski definition) is 1. The Balaban J connectivity index is 2.28. The maximum atomic E-state index is 4.56. The van der Waals surface area contributed by atoms with Gasteiger partial charge in [-0.3, -0.25) is 0 Å². The van der Waals surface area contributed by atoms with Gasteiger partial charge >= 0.3 is 5.82 Å². The Morgan fingerprint density at radius 2 is 1.77 bits per heavy atom. The van der Waals surface area contributed by atoms with E-state index in [1.54, 1.807) is 0 Å². The number of aromatic nitrogens is 3. The van der Waals surface area contributed by atoms with E-state index in [4.69, 9.17) is 0 Å². The molecule has 0 saturated heterocycles. The lowest BCUT2D eigenvalue weighted by Crippen LogP contribution is -2.35. The molecular formula is C19H21N3+2. The second-order valence-corrected chi connectivity index (χ2v) is 5.72. The molecule has 0 bridgehead atoms. The van der Waals surface area contributed by atoms with Crippen LogP contribution in [0.3, 0.4) is 0 Å². The van der Waals surface area contributed by atoms with Gasteiger partial charge in [-0.05, 0) is 30.5 Å². The molecule has 3 heteroatoms. The van der Waals surface area contributed by atoms with Crippen LogP contribution in [0.15, 0.2) is 55.0 Å². The zero-order valence-electron chi connectivity index (χ0n) is 13.5. The first kappa shape index (κ1) is 14.4. The van der Waals surface area contributed by atoms with Crippen LogP contribution >= 0.6 is 0 Å². The van der Waals surface area contributed by atoms with Crippen LogP contribution in [0.1, 0.15) is 16.8 Å². The van der Waals surface area contributed by atoms with Gasteiger partial charge in [0.15, 0.2) is 11.9 Å². The van der Waals surface area contributed by atoms with Gasteiger partial charge in [0, 0.05) is 36.8 Å². The Kier molecular flexibility index (Phi) is 3.72. The standard InChI is InChI=1S/C19H21N3/c1-14-12-17(19-20-9-7-10-21(19)4)16(3)18(13-14)22-11-6-5-8-15(22)2/h5-13H,1-4H3/q+2. The van der Waals surface area contributed by atoms with Crippen molar-refractivity contribution in [3.63, 3.8) is 0 Å². The molecule has 0 spiro atoms. The minimum absolute atomic E-state index is 0.985. The van der Waals surface area contributed by atoms with Crippen LogP contribution < -0.4 is 9.13 Å². The third-order valence-electron chi connectivity index (χ3n) is 4.02. The minimum Gasteiger partial charge on any atom is -0.233 e. The smallest absolute Gasteiger partial charge is 0.233 e. The highest BCUT2D eigenvalue weighted by Crippen LogP contribution is 2.24. The van der Waals surface area contributed by atoms with Gasteiger partial charge in [-0.1, -0.05) is 6.07 Å². The Labute approximate surface area is 131 Å². The predicted octanol–water partition coefficient (Wildman–Crippen LogP) is 2.78. The molecule has 1 aromatic carbocycles. The summed E-state index contributed by atoms with van der Waals surface area (Å²) in [6.07, 6.45) is 5.99. The van der Waals surface area contributed by atoms with Crippen molar-refractivity contribution in [3.8, 4) is 17.1 Å². The highest BCUT2D eigenvalue weighted by molar-refractivity contribution is 5.63. The van der Waals surface area contributed by atoms with Gasteiger partial charge in [0.2, 0.25) is 5.69 Å². The number of pyridine rings is 1. The molecule has 3 rings (SSSR count). The Morgan fingerprint density at radius 1 is 0.955 bits per heavy atom. The fourth-order valence-electron chi connectivity index (χ4n) is 2.82. The highest BCUT2D eigenvalue weighted by Gasteiger charge is 2.22. The Morgan fingerprint density at radius 3 is 2.50 bits per heavy atom. The van der Waals surface area contributed by atoms with E-state index in [1.807, 2.05) is 25.5 Å². The van der Waals surface area contributed by atoms with Crippen LogP contribution in [0.2, 0.25) is 0 Å². The summed E-state index contributed by atoms with van der Waals surface area (Å²) < 4.78 is 4.29. The van der Waals surface area contributed by atoms with E-state index in [-0.39, 0.29) is 0 Å². The molecule has 0 atom stereocenters. The van der Waals surface area contributed by atoms with Crippen molar-refractivity contribution in [2.75, 3.05) is 0 Å². The first-order valence-corrected chi connectivity index (χ1v) is 7.48. The minimum atomic E-state index is 0.985. The number of hydrogen-bond donors (Lipinski definition) is 0. The van der Waals surface area contributed by atoms with Gasteiger partial charge in [-0.15, -0.1) is 0 Å². The van der Waals surface area contributed by atoms with Crippen molar-refractivity contribution in [1.82, 2.24) is 4.98 Å². The lowest BCUT2D eigenvalue weighted by Gasteiger charge is -2.08. The van der Waals surface area contributed by atoms with Gasteiger partial charge in [0.1, 0.15) is 6.20 Å². The maximum absolute atomic E-state index is 4.56. The van der Waals surface area contributed by atoms with Crippen LogP contribution in [0.5, 0.6) is 0 Å². The number of aryl methyl sites for hydroxylation is 3. The van der Waals surface area contributed by atoms with Crippen LogP contribution in [0.4, 0.5) is 0 Å². The molecule has 0 fully saturated rings. The van der Waals surface area contributed by atoms with Crippen molar-refractivity contribution in [3.05, 3.63) is 71.8 Å². The maximum Gasteiger partial charge on any atom is 0.330 e. The van der Waals surface area contributed by atoms with E-state index in [9.17, 15) is 0 Å². The second-order valence-electron chi connectivity index (χ2n) is 5.72. The second kappa shape index (κ2) is 5.68. The average molecular weight is 291 g/mol. The molecule has 0 saturated carbocycles. The fourth-order valence-corrected chi connectivity index (χ4v) is 2.82. The largest absolute Gasteiger partial charge is 0.330 e. The van der Waals surface area contributed by atoms with E-state index in [2.05, 4.69) is 71.4 Å². The zero-order valence-corrected chi connectivity index (χ0v) is 13.5. The van der Waals surface area contributed by atoms with E-state index >= 15 is 0 Å². The van der Waals surface area contributed by atoms with Gasteiger partial charge in [-0.2, -0.15) is 4.57 Å². The summed E-state index contributed by atoms with van der Waals surface area (Å²) in [6.45, 7) is 6.43. The lowest BCUT2D eigenvalue weighted by molar-refractivity contribution is -0.663. The summed E-state index contributed by atoms with van der Waals surface area (Å²) in [6, 6.07) is 12.6. The van der Waals surface area contributed by atoms with E-state index in [0.717, 1.165) is 5.82 Å². The van der Waals surface area contributed by atoms with E-state index in [1.165, 1.54) is 28.1 Å². The van der Waals surface area contributed by atoms with Crippen molar-refractivity contribution >= 4 is 0 Å². The third-order valence-corrected chi connectivity index (χ3v) is 4.02. The normalized spacial score (nSPS) is 10.7. The molecule has 0 N–H and O–H groups in total. The molecule has 3 nitrogen and oxygen atoms in total. The average Bonchev–Trinajstić information content (AvgIpc) is 2.51. The van der Waals surface area contributed by atoms with Crippen molar-refractivity contribution in [2.45, 2.75) is 20.8 Å². The van der Waals surface area contributed by atoms with Crippen LogP contribution in [0.25, 0.3) is 17.1 Å². The Bertz CT molecular complexity index is 771. The molecule has 0 amide bonds. The van der Waals surface area contributed by atoms with Gasteiger partial charge in [0.05, 0.1) is 18.8 Å². The molecule has 0 aliphatic heterocycles. The van der Waals surface area contributed by atoms with E-state index < -0.39 is 0 Å². The summed E-state index contributed by atoms with van der Waals surface area (Å²) in [5, 5.41) is 0. The molecular weight excluding hydrogens is 270 g/mol. The number of benzene rings is 1. The summed E-state index contributed by atoms with van der Waals surface area (Å²) >= 11 is 0. The van der Waals surface area contributed by atoms with E-state index in [0.29, 0.717) is 0 Å². The SMILES string of the molecule is Cc1cc(-c2nccc[n+]2C)c(C)c(-[n+]2ccccc2C)c1. The molecule has 22 heavy (non-hydrogen) atoms. The fraction of sp³-hybridized carbons (Fsp3) is 0.211. The zero-order chi connectivity index (χ0) is 15.7. The topological polar surface area (TPSA) is 20.6 Å². The molecule has 0 unspecified atom stereocenters. The number of rotatable bonds is 2. The van der Waals surface area contributed by atoms with Gasteiger partial charge in [-0.25, -0.2) is 4.57 Å². The highest BCUT2D eigenvalue weighted by atomic mass is 15.0. The lowest BCUT2D eigenvalue weighted by atomic mass is 10.0. The summed E-state index contributed by atoms with van der Waals surface area (Å²) in [5.74, 6) is 0.985. The first-order chi connectivity index (χ1) is 10.6. The third kappa shape index (κ3) is 2.50.